The fourth-order valence-electron chi connectivity index (χ4n) is 1.01. The first-order valence-corrected chi connectivity index (χ1v) is 4.54. The van der Waals surface area contributed by atoms with Gasteiger partial charge in [0, 0.05) is 20.0 Å². The second-order valence-corrected chi connectivity index (χ2v) is 2.92. The SMILES string of the molecule is CC(=O)NCCNc1ncncc1[N+](=O)[O-]. The lowest BCUT2D eigenvalue weighted by Crippen LogP contribution is -2.26. The molecule has 0 radical (unpaired) electrons. The van der Waals surface area contributed by atoms with E-state index in [-0.39, 0.29) is 17.4 Å². The molecule has 8 nitrogen and oxygen atoms in total. The second-order valence-electron chi connectivity index (χ2n) is 2.92. The Labute approximate surface area is 91.2 Å². The van der Waals surface area contributed by atoms with E-state index in [1.165, 1.54) is 13.3 Å². The molecule has 0 aliphatic rings. The summed E-state index contributed by atoms with van der Waals surface area (Å²) in [5.74, 6) is -0.00987. The summed E-state index contributed by atoms with van der Waals surface area (Å²) in [5, 5.41) is 15.9. The van der Waals surface area contributed by atoms with E-state index in [4.69, 9.17) is 0 Å². The van der Waals surface area contributed by atoms with Crippen LogP contribution in [0.3, 0.4) is 0 Å². The highest BCUT2D eigenvalue weighted by Gasteiger charge is 2.13. The smallest absolute Gasteiger partial charge is 0.329 e. The van der Waals surface area contributed by atoms with Crippen LogP contribution in [0.15, 0.2) is 12.5 Å². The number of amides is 1. The van der Waals surface area contributed by atoms with E-state index in [1.807, 2.05) is 0 Å². The molecule has 1 rings (SSSR count). The maximum absolute atomic E-state index is 10.6. The second kappa shape index (κ2) is 5.59. The van der Waals surface area contributed by atoms with Crippen LogP contribution >= 0.6 is 0 Å². The lowest BCUT2D eigenvalue weighted by atomic mass is 10.4. The van der Waals surface area contributed by atoms with Crippen LogP contribution in [0.2, 0.25) is 0 Å². The fraction of sp³-hybridized carbons (Fsp3) is 0.375. The van der Waals surface area contributed by atoms with Crippen molar-refractivity contribution in [1.82, 2.24) is 15.3 Å². The van der Waals surface area contributed by atoms with E-state index >= 15 is 0 Å². The molecule has 86 valence electrons. The lowest BCUT2D eigenvalue weighted by Gasteiger charge is -2.05. The monoisotopic (exact) mass is 225 g/mol. The number of rotatable bonds is 5. The summed E-state index contributed by atoms with van der Waals surface area (Å²) >= 11 is 0. The van der Waals surface area contributed by atoms with E-state index in [2.05, 4.69) is 20.6 Å². The summed E-state index contributed by atoms with van der Waals surface area (Å²) in [4.78, 5) is 27.9. The predicted octanol–water partition coefficient (Wildman–Crippen LogP) is -0.0672. The number of carbonyl (C=O) groups is 1. The Hall–Kier alpha value is -2.25. The summed E-state index contributed by atoms with van der Waals surface area (Å²) < 4.78 is 0. The van der Waals surface area contributed by atoms with Crippen LogP contribution in [0.25, 0.3) is 0 Å². The maximum Gasteiger partial charge on any atom is 0.329 e. The molecule has 0 bridgehead atoms. The Morgan fingerprint density at radius 2 is 2.31 bits per heavy atom. The summed E-state index contributed by atoms with van der Waals surface area (Å²) in [6.45, 7) is 2.13. The van der Waals surface area contributed by atoms with Gasteiger partial charge in [-0.25, -0.2) is 9.97 Å². The van der Waals surface area contributed by atoms with Crippen molar-refractivity contribution >= 4 is 17.4 Å². The van der Waals surface area contributed by atoms with Gasteiger partial charge in [-0.15, -0.1) is 0 Å². The van der Waals surface area contributed by atoms with Gasteiger partial charge < -0.3 is 10.6 Å². The molecule has 2 N–H and O–H groups in total. The summed E-state index contributed by atoms with van der Waals surface area (Å²) in [6, 6.07) is 0. The third-order valence-corrected chi connectivity index (χ3v) is 1.68. The molecule has 0 saturated carbocycles. The van der Waals surface area contributed by atoms with Crippen LogP contribution in [0.4, 0.5) is 11.5 Å². The zero-order valence-electron chi connectivity index (χ0n) is 8.64. The molecule has 0 fully saturated rings. The molecule has 0 atom stereocenters. The largest absolute Gasteiger partial charge is 0.362 e. The van der Waals surface area contributed by atoms with Crippen LogP contribution in [0.1, 0.15) is 6.92 Å². The molecule has 1 heterocycles. The van der Waals surface area contributed by atoms with Crippen molar-refractivity contribution in [2.24, 2.45) is 0 Å². The number of hydrogen-bond acceptors (Lipinski definition) is 6. The molecule has 0 aliphatic heterocycles. The maximum atomic E-state index is 10.6. The highest BCUT2D eigenvalue weighted by atomic mass is 16.6. The third kappa shape index (κ3) is 3.48. The molecular weight excluding hydrogens is 214 g/mol. The van der Waals surface area contributed by atoms with Crippen molar-refractivity contribution in [3.8, 4) is 0 Å². The van der Waals surface area contributed by atoms with Gasteiger partial charge >= 0.3 is 5.69 Å². The minimum Gasteiger partial charge on any atom is -0.362 e. The van der Waals surface area contributed by atoms with Crippen molar-refractivity contribution in [1.29, 1.82) is 0 Å². The molecule has 0 aromatic carbocycles. The Kier molecular flexibility index (Phi) is 4.13. The van der Waals surface area contributed by atoms with E-state index in [9.17, 15) is 14.9 Å². The molecule has 1 amide bonds. The van der Waals surface area contributed by atoms with E-state index in [0.29, 0.717) is 13.1 Å². The Morgan fingerprint density at radius 1 is 1.56 bits per heavy atom. The van der Waals surface area contributed by atoms with Gasteiger partial charge in [-0.1, -0.05) is 0 Å². The molecule has 1 aromatic rings. The van der Waals surface area contributed by atoms with Gasteiger partial charge in [0.1, 0.15) is 12.5 Å². The minimum absolute atomic E-state index is 0.144. The van der Waals surface area contributed by atoms with E-state index in [1.54, 1.807) is 0 Å². The zero-order chi connectivity index (χ0) is 12.0. The number of hydrogen-bond donors (Lipinski definition) is 2. The van der Waals surface area contributed by atoms with Crippen LogP contribution in [0.5, 0.6) is 0 Å². The van der Waals surface area contributed by atoms with Crippen LogP contribution in [0, 0.1) is 10.1 Å². The van der Waals surface area contributed by atoms with Crippen molar-refractivity contribution in [2.45, 2.75) is 6.92 Å². The number of nitrogens with zero attached hydrogens (tertiary/aromatic N) is 3. The summed E-state index contributed by atoms with van der Waals surface area (Å²) in [5.41, 5.74) is -0.190. The average molecular weight is 225 g/mol. The topological polar surface area (TPSA) is 110 Å². The number of nitro groups is 1. The van der Waals surface area contributed by atoms with Crippen molar-refractivity contribution < 1.29 is 9.72 Å². The minimum atomic E-state index is -0.569. The molecule has 16 heavy (non-hydrogen) atoms. The quantitative estimate of drug-likeness (QED) is 0.412. The predicted molar refractivity (Wildman–Crippen MR) is 55.9 cm³/mol. The van der Waals surface area contributed by atoms with Gasteiger partial charge in [-0.2, -0.15) is 0 Å². The van der Waals surface area contributed by atoms with Crippen molar-refractivity contribution in [2.75, 3.05) is 18.4 Å². The van der Waals surface area contributed by atoms with Crippen LogP contribution < -0.4 is 10.6 Å². The van der Waals surface area contributed by atoms with Gasteiger partial charge in [0.25, 0.3) is 0 Å². The Balaban J connectivity index is 2.53. The van der Waals surface area contributed by atoms with E-state index in [0.717, 1.165) is 6.20 Å². The normalized spacial score (nSPS) is 9.56. The first-order chi connectivity index (χ1) is 7.61. The van der Waals surface area contributed by atoms with Gasteiger partial charge in [0.05, 0.1) is 4.92 Å². The standard InChI is InChI=1S/C8H11N5O3/c1-6(14)10-2-3-11-8-7(13(15)16)4-9-5-12-8/h4-5H,2-3H2,1H3,(H,10,14)(H,9,11,12). The van der Waals surface area contributed by atoms with Crippen LogP contribution in [-0.4, -0.2) is 33.9 Å². The molecule has 0 aliphatic carbocycles. The first-order valence-electron chi connectivity index (χ1n) is 4.54. The molecular formula is C8H11N5O3. The van der Waals surface area contributed by atoms with E-state index < -0.39 is 4.92 Å². The van der Waals surface area contributed by atoms with Gasteiger partial charge in [-0.3, -0.25) is 14.9 Å². The van der Waals surface area contributed by atoms with Crippen molar-refractivity contribution in [3.05, 3.63) is 22.6 Å². The number of anilines is 1. The number of aromatic nitrogens is 2. The number of carbonyl (C=O) groups excluding carboxylic acids is 1. The third-order valence-electron chi connectivity index (χ3n) is 1.68. The Bertz CT molecular complexity index is 395. The Morgan fingerprint density at radius 3 is 2.94 bits per heavy atom. The summed E-state index contributed by atoms with van der Waals surface area (Å²) in [6.07, 6.45) is 2.33. The lowest BCUT2D eigenvalue weighted by molar-refractivity contribution is -0.384. The summed E-state index contributed by atoms with van der Waals surface area (Å²) in [7, 11) is 0. The average Bonchev–Trinajstić information content (AvgIpc) is 2.24. The fourth-order valence-corrected chi connectivity index (χ4v) is 1.01. The number of nitrogens with one attached hydrogen (secondary N) is 2. The molecule has 1 aromatic heterocycles. The molecule has 0 unspecified atom stereocenters. The van der Waals surface area contributed by atoms with Crippen LogP contribution in [-0.2, 0) is 4.79 Å². The molecule has 8 heteroatoms. The van der Waals surface area contributed by atoms with Gasteiger partial charge in [-0.05, 0) is 0 Å². The van der Waals surface area contributed by atoms with Gasteiger partial charge in [0.2, 0.25) is 11.7 Å². The zero-order valence-corrected chi connectivity index (χ0v) is 8.64. The molecule has 0 saturated heterocycles. The van der Waals surface area contributed by atoms with Gasteiger partial charge in [0.15, 0.2) is 0 Å². The highest BCUT2D eigenvalue weighted by Crippen LogP contribution is 2.18. The first kappa shape index (κ1) is 11.8. The van der Waals surface area contributed by atoms with Crippen molar-refractivity contribution in [3.63, 3.8) is 0 Å². The highest BCUT2D eigenvalue weighted by molar-refractivity contribution is 5.72. The molecule has 0 spiro atoms.